The van der Waals surface area contributed by atoms with Crippen molar-refractivity contribution in [1.82, 2.24) is 9.55 Å². The van der Waals surface area contributed by atoms with Crippen LogP contribution in [0.15, 0.2) is 41.5 Å². The lowest BCUT2D eigenvalue weighted by Crippen LogP contribution is -2.19. The zero-order chi connectivity index (χ0) is 15.6. The summed E-state index contributed by atoms with van der Waals surface area (Å²) in [6.07, 6.45) is -3.56. The standard InChI is InChI=1S/C13H11F3N2O3/c1-21-12(20)8-2-5-11(19)18(7-8)9-3-4-10(17-6-9)13(14,15)16/h2-7,12,20H,1H3. The Bertz CT molecular complexity index is 680. The molecule has 0 radical (unpaired) electrons. The molecule has 2 rings (SSSR count). The molecule has 0 bridgehead atoms. The number of pyridine rings is 2. The number of halogens is 3. The van der Waals surface area contributed by atoms with Crippen molar-refractivity contribution < 1.29 is 23.0 Å². The summed E-state index contributed by atoms with van der Waals surface area (Å²) in [5.74, 6) is 0. The van der Waals surface area contributed by atoms with E-state index in [0.29, 0.717) is 0 Å². The molecule has 0 saturated carbocycles. The van der Waals surface area contributed by atoms with E-state index in [2.05, 4.69) is 4.98 Å². The SMILES string of the molecule is COC(O)c1ccc(=O)n(-c2ccc(C(F)(F)F)nc2)c1. The van der Waals surface area contributed by atoms with Crippen LogP contribution in [0.5, 0.6) is 0 Å². The lowest BCUT2D eigenvalue weighted by Gasteiger charge is -2.12. The van der Waals surface area contributed by atoms with Crippen LogP contribution in [0.25, 0.3) is 5.69 Å². The minimum atomic E-state index is -4.54. The second-order valence-corrected chi connectivity index (χ2v) is 4.16. The normalized spacial score (nSPS) is 13.2. The molecule has 1 N–H and O–H groups in total. The van der Waals surface area contributed by atoms with E-state index in [0.717, 1.165) is 22.9 Å². The molecule has 0 saturated heterocycles. The summed E-state index contributed by atoms with van der Waals surface area (Å²) in [6.45, 7) is 0. The van der Waals surface area contributed by atoms with Crippen molar-refractivity contribution in [3.05, 3.63) is 58.3 Å². The number of ether oxygens (including phenoxy) is 1. The molecular weight excluding hydrogens is 289 g/mol. The average molecular weight is 300 g/mol. The highest BCUT2D eigenvalue weighted by Crippen LogP contribution is 2.27. The quantitative estimate of drug-likeness (QED) is 0.879. The maximum absolute atomic E-state index is 12.4. The average Bonchev–Trinajstić information content (AvgIpc) is 2.46. The molecule has 0 fully saturated rings. The third-order valence-electron chi connectivity index (χ3n) is 2.76. The molecule has 5 nitrogen and oxygen atoms in total. The maximum Gasteiger partial charge on any atom is 0.433 e. The van der Waals surface area contributed by atoms with E-state index in [1.807, 2.05) is 0 Å². The molecule has 2 heterocycles. The van der Waals surface area contributed by atoms with Crippen molar-refractivity contribution in [3.8, 4) is 5.69 Å². The van der Waals surface area contributed by atoms with Gasteiger partial charge in [0.25, 0.3) is 5.56 Å². The van der Waals surface area contributed by atoms with Crippen LogP contribution >= 0.6 is 0 Å². The Morgan fingerprint density at radius 1 is 1.29 bits per heavy atom. The molecule has 0 amide bonds. The zero-order valence-electron chi connectivity index (χ0n) is 10.8. The largest absolute Gasteiger partial charge is 0.433 e. The molecule has 0 aliphatic heterocycles. The summed E-state index contributed by atoms with van der Waals surface area (Å²) >= 11 is 0. The molecule has 21 heavy (non-hydrogen) atoms. The number of aliphatic hydroxyl groups is 1. The molecule has 0 aliphatic carbocycles. The van der Waals surface area contributed by atoms with Crippen LogP contribution < -0.4 is 5.56 Å². The van der Waals surface area contributed by atoms with Crippen LogP contribution in [0.4, 0.5) is 13.2 Å². The van der Waals surface area contributed by atoms with Crippen molar-refractivity contribution in [2.45, 2.75) is 12.5 Å². The van der Waals surface area contributed by atoms with Gasteiger partial charge in [-0.3, -0.25) is 9.36 Å². The molecule has 112 valence electrons. The van der Waals surface area contributed by atoms with Crippen LogP contribution in [-0.4, -0.2) is 21.8 Å². The Hall–Kier alpha value is -2.19. The Morgan fingerprint density at radius 2 is 2.00 bits per heavy atom. The predicted molar refractivity (Wildman–Crippen MR) is 66.8 cm³/mol. The summed E-state index contributed by atoms with van der Waals surface area (Å²) in [6, 6.07) is 4.45. The minimum Gasteiger partial charge on any atom is -0.364 e. The molecule has 0 spiro atoms. The van der Waals surface area contributed by atoms with Crippen molar-refractivity contribution in [3.63, 3.8) is 0 Å². The van der Waals surface area contributed by atoms with E-state index in [9.17, 15) is 23.1 Å². The second-order valence-electron chi connectivity index (χ2n) is 4.16. The van der Waals surface area contributed by atoms with Gasteiger partial charge in [0.15, 0.2) is 6.29 Å². The minimum absolute atomic E-state index is 0.151. The Kier molecular flexibility index (Phi) is 4.10. The van der Waals surface area contributed by atoms with Crippen molar-refractivity contribution in [1.29, 1.82) is 0 Å². The van der Waals surface area contributed by atoms with Crippen LogP contribution in [0.2, 0.25) is 0 Å². The van der Waals surface area contributed by atoms with Crippen LogP contribution in [0.1, 0.15) is 17.5 Å². The fraction of sp³-hybridized carbons (Fsp3) is 0.231. The van der Waals surface area contributed by atoms with E-state index in [-0.39, 0.29) is 11.3 Å². The molecule has 0 aliphatic rings. The van der Waals surface area contributed by atoms with Gasteiger partial charge in [-0.25, -0.2) is 4.98 Å². The highest BCUT2D eigenvalue weighted by molar-refractivity contribution is 5.32. The van der Waals surface area contributed by atoms with Gasteiger partial charge in [0.1, 0.15) is 5.69 Å². The fourth-order valence-electron chi connectivity index (χ4n) is 1.68. The number of aliphatic hydroxyl groups excluding tert-OH is 1. The van der Waals surface area contributed by atoms with E-state index >= 15 is 0 Å². The number of hydrogen-bond donors (Lipinski definition) is 1. The predicted octanol–water partition coefficient (Wildman–Crippen LogP) is 1.89. The summed E-state index contributed by atoms with van der Waals surface area (Å²) in [5, 5.41) is 9.54. The lowest BCUT2D eigenvalue weighted by atomic mass is 10.2. The summed E-state index contributed by atoms with van der Waals surface area (Å²) in [5.41, 5.74) is -1.08. The van der Waals surface area contributed by atoms with E-state index in [4.69, 9.17) is 4.74 Å². The summed E-state index contributed by atoms with van der Waals surface area (Å²) in [4.78, 5) is 15.0. The smallest absolute Gasteiger partial charge is 0.364 e. The summed E-state index contributed by atoms with van der Waals surface area (Å²) in [7, 11) is 1.28. The molecule has 2 aromatic heterocycles. The van der Waals surface area contributed by atoms with Gasteiger partial charge in [-0.15, -0.1) is 0 Å². The number of hydrogen-bond acceptors (Lipinski definition) is 4. The molecule has 1 unspecified atom stereocenters. The Morgan fingerprint density at radius 3 is 2.52 bits per heavy atom. The van der Waals surface area contributed by atoms with E-state index in [1.54, 1.807) is 0 Å². The molecule has 2 aromatic rings. The van der Waals surface area contributed by atoms with Crippen molar-refractivity contribution >= 4 is 0 Å². The second kappa shape index (κ2) is 5.66. The van der Waals surface area contributed by atoms with Gasteiger partial charge in [-0.1, -0.05) is 0 Å². The first-order valence-corrected chi connectivity index (χ1v) is 5.80. The van der Waals surface area contributed by atoms with Gasteiger partial charge in [-0.05, 0) is 18.2 Å². The fourth-order valence-corrected chi connectivity index (χ4v) is 1.68. The first-order chi connectivity index (χ1) is 9.82. The molecule has 1 atom stereocenters. The number of nitrogens with zero attached hydrogens (tertiary/aromatic N) is 2. The van der Waals surface area contributed by atoms with Crippen LogP contribution in [-0.2, 0) is 10.9 Å². The number of rotatable bonds is 3. The van der Waals surface area contributed by atoms with Crippen molar-refractivity contribution in [2.24, 2.45) is 0 Å². The van der Waals surface area contributed by atoms with Gasteiger partial charge < -0.3 is 9.84 Å². The van der Waals surface area contributed by atoms with Gasteiger partial charge in [0, 0.05) is 24.9 Å². The highest BCUT2D eigenvalue weighted by Gasteiger charge is 2.32. The van der Waals surface area contributed by atoms with Gasteiger partial charge in [0.05, 0.1) is 11.9 Å². The summed E-state index contributed by atoms with van der Waals surface area (Å²) < 4.78 is 43.1. The van der Waals surface area contributed by atoms with Gasteiger partial charge in [0.2, 0.25) is 0 Å². The zero-order valence-corrected chi connectivity index (χ0v) is 10.8. The Labute approximate surface area is 117 Å². The lowest BCUT2D eigenvalue weighted by molar-refractivity contribution is -0.141. The van der Waals surface area contributed by atoms with E-state index in [1.165, 1.54) is 25.4 Å². The first-order valence-electron chi connectivity index (χ1n) is 5.80. The third kappa shape index (κ3) is 3.29. The van der Waals surface area contributed by atoms with Crippen molar-refractivity contribution in [2.75, 3.05) is 7.11 Å². The number of alkyl halides is 3. The van der Waals surface area contributed by atoms with Crippen LogP contribution in [0.3, 0.4) is 0 Å². The highest BCUT2D eigenvalue weighted by atomic mass is 19.4. The number of aromatic nitrogens is 2. The molecule has 8 heteroatoms. The third-order valence-corrected chi connectivity index (χ3v) is 2.76. The van der Waals surface area contributed by atoms with E-state index < -0.39 is 23.7 Å². The van der Waals surface area contributed by atoms with Crippen LogP contribution in [0, 0.1) is 0 Å². The topological polar surface area (TPSA) is 64.3 Å². The first kappa shape index (κ1) is 15.2. The molecule has 0 aromatic carbocycles. The maximum atomic E-state index is 12.4. The van der Waals surface area contributed by atoms with Gasteiger partial charge >= 0.3 is 6.18 Å². The molecular formula is C13H11F3N2O3. The number of methoxy groups -OCH3 is 1. The van der Waals surface area contributed by atoms with Gasteiger partial charge in [-0.2, -0.15) is 13.2 Å². The monoisotopic (exact) mass is 300 g/mol. The Balaban J connectivity index is 2.44.